The van der Waals surface area contributed by atoms with E-state index in [0.29, 0.717) is 0 Å². The number of halogens is 1. The van der Waals surface area contributed by atoms with E-state index < -0.39 is 26.9 Å². The Hall–Kier alpha value is -1.54. The highest BCUT2D eigenvalue weighted by molar-refractivity contribution is 7.89. The van der Waals surface area contributed by atoms with Crippen LogP contribution in [0.3, 0.4) is 0 Å². The maximum absolute atomic E-state index is 13.4. The summed E-state index contributed by atoms with van der Waals surface area (Å²) in [7, 11) is -2.87. The fourth-order valence-electron chi connectivity index (χ4n) is 1.10. The number of nitrogens with two attached hydrogens (primary N) is 1. The zero-order valence-corrected chi connectivity index (χ0v) is 10.2. The van der Waals surface area contributed by atoms with Crippen molar-refractivity contribution in [2.75, 3.05) is 7.05 Å². The SMILES string of the molecule is CC(C(=N)N)N(C)S(=O)(=O)c1ncccc1F. The molecule has 0 amide bonds. The van der Waals surface area contributed by atoms with Gasteiger partial charge in [-0.25, -0.2) is 17.8 Å². The van der Waals surface area contributed by atoms with Gasteiger partial charge in [0.2, 0.25) is 5.03 Å². The summed E-state index contributed by atoms with van der Waals surface area (Å²) in [5.41, 5.74) is 5.21. The number of likely N-dealkylation sites (N-methyl/N-ethyl adjacent to an activating group) is 1. The Morgan fingerprint density at radius 1 is 1.65 bits per heavy atom. The van der Waals surface area contributed by atoms with Gasteiger partial charge in [0.1, 0.15) is 5.84 Å². The highest BCUT2D eigenvalue weighted by Gasteiger charge is 2.30. The molecular formula is C9H13FN4O2S. The summed E-state index contributed by atoms with van der Waals surface area (Å²) in [5.74, 6) is -1.26. The van der Waals surface area contributed by atoms with Crippen molar-refractivity contribution in [2.24, 2.45) is 5.73 Å². The van der Waals surface area contributed by atoms with Crippen molar-refractivity contribution in [1.29, 1.82) is 5.41 Å². The van der Waals surface area contributed by atoms with Gasteiger partial charge in [0, 0.05) is 13.2 Å². The third-order valence-corrected chi connectivity index (χ3v) is 4.21. The zero-order valence-electron chi connectivity index (χ0n) is 9.38. The number of rotatable bonds is 4. The first-order valence-electron chi connectivity index (χ1n) is 4.71. The maximum atomic E-state index is 13.4. The van der Waals surface area contributed by atoms with Gasteiger partial charge in [-0.1, -0.05) is 0 Å². The highest BCUT2D eigenvalue weighted by atomic mass is 32.2. The number of nitrogens with one attached hydrogen (secondary N) is 1. The lowest BCUT2D eigenvalue weighted by Gasteiger charge is -2.22. The Balaban J connectivity index is 3.21. The van der Waals surface area contributed by atoms with Crippen LogP contribution in [0.25, 0.3) is 0 Å². The summed E-state index contributed by atoms with van der Waals surface area (Å²) in [4.78, 5) is 3.50. The van der Waals surface area contributed by atoms with Gasteiger partial charge in [0.25, 0.3) is 10.0 Å². The van der Waals surface area contributed by atoms with Crippen LogP contribution in [0.1, 0.15) is 6.92 Å². The van der Waals surface area contributed by atoms with Gasteiger partial charge in [-0.2, -0.15) is 4.31 Å². The summed E-state index contributed by atoms with van der Waals surface area (Å²) in [5, 5.41) is 6.51. The quantitative estimate of drug-likeness (QED) is 0.595. The van der Waals surface area contributed by atoms with Crippen LogP contribution >= 0.6 is 0 Å². The average Bonchev–Trinajstić information content (AvgIpc) is 2.27. The second-order valence-corrected chi connectivity index (χ2v) is 5.36. The molecule has 1 aromatic rings. The molecule has 1 aromatic heterocycles. The third-order valence-electron chi connectivity index (χ3n) is 2.34. The predicted molar refractivity (Wildman–Crippen MR) is 60.5 cm³/mol. The van der Waals surface area contributed by atoms with E-state index in [2.05, 4.69) is 4.98 Å². The molecule has 0 aliphatic heterocycles. The van der Waals surface area contributed by atoms with Crippen LogP contribution in [-0.2, 0) is 10.0 Å². The first-order valence-corrected chi connectivity index (χ1v) is 6.15. The summed E-state index contributed by atoms with van der Waals surface area (Å²) < 4.78 is 38.1. The molecule has 8 heteroatoms. The molecule has 3 N–H and O–H groups in total. The molecule has 1 atom stereocenters. The lowest BCUT2D eigenvalue weighted by Crippen LogP contribution is -2.43. The Morgan fingerprint density at radius 3 is 2.71 bits per heavy atom. The molecule has 94 valence electrons. The standard InChI is InChI=1S/C9H13FN4O2S/c1-6(8(11)12)14(2)17(15,16)9-7(10)4-3-5-13-9/h3-6H,1-2H3,(H3,11,12). The summed E-state index contributed by atoms with van der Waals surface area (Å²) in [6, 6.07) is 1.44. The van der Waals surface area contributed by atoms with Gasteiger partial charge in [-0.15, -0.1) is 0 Å². The van der Waals surface area contributed by atoms with Crippen molar-refractivity contribution in [3.8, 4) is 0 Å². The average molecular weight is 260 g/mol. The fraction of sp³-hybridized carbons (Fsp3) is 0.333. The minimum absolute atomic E-state index is 0.326. The number of aromatic nitrogens is 1. The van der Waals surface area contributed by atoms with Crippen LogP contribution in [0.2, 0.25) is 0 Å². The maximum Gasteiger partial charge on any atom is 0.263 e. The zero-order chi connectivity index (χ0) is 13.2. The molecule has 0 spiro atoms. The van der Waals surface area contributed by atoms with Crippen LogP contribution in [0.15, 0.2) is 23.4 Å². The van der Waals surface area contributed by atoms with E-state index in [0.717, 1.165) is 10.4 Å². The van der Waals surface area contributed by atoms with Crippen LogP contribution in [0.5, 0.6) is 0 Å². The normalized spacial score (nSPS) is 13.6. The second kappa shape index (κ2) is 4.76. The van der Waals surface area contributed by atoms with Crippen LogP contribution < -0.4 is 5.73 Å². The van der Waals surface area contributed by atoms with Gasteiger partial charge in [0.05, 0.1) is 6.04 Å². The number of sulfonamides is 1. The van der Waals surface area contributed by atoms with Gasteiger partial charge in [0.15, 0.2) is 5.82 Å². The van der Waals surface area contributed by atoms with E-state index >= 15 is 0 Å². The van der Waals surface area contributed by atoms with Gasteiger partial charge >= 0.3 is 0 Å². The molecule has 0 bridgehead atoms. The Morgan fingerprint density at radius 2 is 2.24 bits per heavy atom. The van der Waals surface area contributed by atoms with E-state index in [1.807, 2.05) is 0 Å². The molecule has 0 saturated carbocycles. The lowest BCUT2D eigenvalue weighted by atomic mass is 10.3. The van der Waals surface area contributed by atoms with Crippen molar-refractivity contribution >= 4 is 15.9 Å². The molecule has 1 unspecified atom stereocenters. The first-order chi connectivity index (χ1) is 7.78. The molecule has 1 rings (SSSR count). The number of hydrogen-bond donors (Lipinski definition) is 2. The van der Waals surface area contributed by atoms with E-state index in [9.17, 15) is 12.8 Å². The molecule has 1 heterocycles. The Labute approximate surface area is 98.8 Å². The summed E-state index contributed by atoms with van der Waals surface area (Å²) in [6.07, 6.45) is 1.18. The number of amidine groups is 1. The molecule has 0 radical (unpaired) electrons. The lowest BCUT2D eigenvalue weighted by molar-refractivity contribution is 0.438. The van der Waals surface area contributed by atoms with Crippen LogP contribution in [0.4, 0.5) is 4.39 Å². The first kappa shape index (κ1) is 13.5. The Kier molecular flexibility index (Phi) is 3.79. The van der Waals surface area contributed by atoms with E-state index in [-0.39, 0.29) is 5.84 Å². The molecule has 17 heavy (non-hydrogen) atoms. The molecule has 0 aliphatic carbocycles. The number of hydrogen-bond acceptors (Lipinski definition) is 4. The second-order valence-electron chi connectivity index (χ2n) is 3.44. The molecule has 0 fully saturated rings. The minimum atomic E-state index is -4.09. The molecule has 0 aromatic carbocycles. The summed E-state index contributed by atoms with van der Waals surface area (Å²) >= 11 is 0. The predicted octanol–water partition coefficient (Wildman–Crippen LogP) is 0.166. The summed E-state index contributed by atoms with van der Waals surface area (Å²) in [6.45, 7) is 1.43. The largest absolute Gasteiger partial charge is 0.386 e. The smallest absolute Gasteiger partial charge is 0.263 e. The fourth-order valence-corrected chi connectivity index (χ4v) is 2.41. The van der Waals surface area contributed by atoms with Crippen molar-refractivity contribution in [3.63, 3.8) is 0 Å². The van der Waals surface area contributed by atoms with E-state index in [4.69, 9.17) is 11.1 Å². The monoisotopic (exact) mass is 260 g/mol. The molecule has 0 saturated heterocycles. The Bertz CT molecular complexity index is 532. The highest BCUT2D eigenvalue weighted by Crippen LogP contribution is 2.16. The molecular weight excluding hydrogens is 247 g/mol. The van der Waals surface area contributed by atoms with Crippen molar-refractivity contribution in [1.82, 2.24) is 9.29 Å². The number of nitrogens with zero attached hydrogens (tertiary/aromatic N) is 2. The van der Waals surface area contributed by atoms with E-state index in [1.54, 1.807) is 0 Å². The molecule has 0 aliphatic rings. The van der Waals surface area contributed by atoms with Crippen molar-refractivity contribution < 1.29 is 12.8 Å². The number of pyridine rings is 1. The van der Waals surface area contributed by atoms with Gasteiger partial charge < -0.3 is 5.73 Å². The van der Waals surface area contributed by atoms with Crippen LogP contribution in [-0.4, -0.2) is 36.6 Å². The van der Waals surface area contributed by atoms with Gasteiger partial charge in [-0.05, 0) is 19.1 Å². The van der Waals surface area contributed by atoms with E-state index in [1.165, 1.54) is 26.2 Å². The molecule has 6 nitrogen and oxygen atoms in total. The third kappa shape index (κ3) is 2.59. The van der Waals surface area contributed by atoms with Crippen molar-refractivity contribution in [2.45, 2.75) is 18.0 Å². The van der Waals surface area contributed by atoms with Crippen molar-refractivity contribution in [3.05, 3.63) is 24.1 Å². The minimum Gasteiger partial charge on any atom is -0.386 e. The van der Waals surface area contributed by atoms with Crippen LogP contribution in [0, 0.1) is 11.2 Å². The topological polar surface area (TPSA) is 100 Å². The van der Waals surface area contributed by atoms with Gasteiger partial charge in [-0.3, -0.25) is 5.41 Å².